The molecule has 4 rings (SSSR count). The highest BCUT2D eigenvalue weighted by Gasteiger charge is 2.37. The number of rotatable bonds is 7. The molecule has 0 aromatic carbocycles. The fourth-order valence-electron chi connectivity index (χ4n) is 4.77. The van der Waals surface area contributed by atoms with Crippen LogP contribution in [0.3, 0.4) is 0 Å². The van der Waals surface area contributed by atoms with E-state index < -0.39 is 0 Å². The minimum Gasteiger partial charge on any atom is -0.351 e. The third kappa shape index (κ3) is 2.95. The fraction of sp³-hybridized carbons (Fsp3) is 0.778. The Morgan fingerprint density at radius 2 is 1.33 bits per heavy atom. The van der Waals surface area contributed by atoms with Gasteiger partial charge in [0.15, 0.2) is 6.29 Å². The van der Waals surface area contributed by atoms with Crippen molar-refractivity contribution in [2.45, 2.75) is 32.0 Å². The summed E-state index contributed by atoms with van der Waals surface area (Å²) in [4.78, 5) is 0. The predicted octanol–water partition coefficient (Wildman–Crippen LogP) is 4.01. The van der Waals surface area contributed by atoms with Gasteiger partial charge in [-0.05, 0) is 61.2 Å². The Kier molecular flexibility index (Phi) is 4.12. The molecule has 0 aliphatic heterocycles. The molecular formula is C18H25ClO2. The molecular weight excluding hydrogens is 284 g/mol. The van der Waals surface area contributed by atoms with Crippen LogP contribution in [0.4, 0.5) is 0 Å². The summed E-state index contributed by atoms with van der Waals surface area (Å²) in [6, 6.07) is 0. The highest BCUT2D eigenvalue weighted by molar-refractivity contribution is 6.18. The Balaban J connectivity index is 1.20. The molecule has 21 heavy (non-hydrogen) atoms. The fourth-order valence-corrected chi connectivity index (χ4v) is 4.95. The summed E-state index contributed by atoms with van der Waals surface area (Å²) in [5, 5.41) is 0. The first-order valence-electron chi connectivity index (χ1n) is 8.47. The number of alkyl halides is 1. The Bertz CT molecular complexity index is 395. The van der Waals surface area contributed by atoms with Gasteiger partial charge < -0.3 is 9.47 Å². The topological polar surface area (TPSA) is 18.5 Å². The lowest BCUT2D eigenvalue weighted by Gasteiger charge is -2.24. The molecule has 0 N–H and O–H groups in total. The van der Waals surface area contributed by atoms with E-state index in [4.69, 9.17) is 21.1 Å². The van der Waals surface area contributed by atoms with Gasteiger partial charge in [-0.15, -0.1) is 11.6 Å². The van der Waals surface area contributed by atoms with Crippen molar-refractivity contribution in [1.82, 2.24) is 0 Å². The molecule has 116 valence electrons. The SMILES string of the molecule is ClCC(OCC1CC2C=CC1C2)OCC1CC2C=CC1C2. The van der Waals surface area contributed by atoms with E-state index in [9.17, 15) is 0 Å². The molecule has 2 nitrogen and oxygen atoms in total. The summed E-state index contributed by atoms with van der Waals surface area (Å²) < 4.78 is 11.9. The van der Waals surface area contributed by atoms with E-state index in [0.717, 1.165) is 36.9 Å². The van der Waals surface area contributed by atoms with Crippen LogP contribution in [0.2, 0.25) is 0 Å². The van der Waals surface area contributed by atoms with Gasteiger partial charge in [0, 0.05) is 0 Å². The number of halogens is 1. The summed E-state index contributed by atoms with van der Waals surface area (Å²) >= 11 is 6.02. The van der Waals surface area contributed by atoms with Gasteiger partial charge >= 0.3 is 0 Å². The summed E-state index contributed by atoms with van der Waals surface area (Å²) in [7, 11) is 0. The molecule has 4 aliphatic rings. The first kappa shape index (κ1) is 14.3. The van der Waals surface area contributed by atoms with Crippen LogP contribution in [0.25, 0.3) is 0 Å². The monoisotopic (exact) mass is 308 g/mol. The molecule has 3 heteroatoms. The maximum absolute atomic E-state index is 6.02. The molecule has 2 fully saturated rings. The summed E-state index contributed by atoms with van der Waals surface area (Å²) in [5.74, 6) is 4.88. The molecule has 0 amide bonds. The van der Waals surface area contributed by atoms with Crippen molar-refractivity contribution in [1.29, 1.82) is 0 Å². The number of fused-ring (bicyclic) bond motifs is 4. The Morgan fingerprint density at radius 3 is 1.67 bits per heavy atom. The molecule has 0 saturated heterocycles. The van der Waals surface area contributed by atoms with Crippen molar-refractivity contribution in [2.75, 3.05) is 19.1 Å². The average Bonchev–Trinajstić information content (AvgIpc) is 3.27. The third-order valence-electron chi connectivity index (χ3n) is 5.95. The maximum atomic E-state index is 6.02. The molecule has 0 aromatic heterocycles. The van der Waals surface area contributed by atoms with E-state index >= 15 is 0 Å². The maximum Gasteiger partial charge on any atom is 0.170 e. The van der Waals surface area contributed by atoms with E-state index in [1.165, 1.54) is 25.7 Å². The molecule has 4 bridgehead atoms. The van der Waals surface area contributed by atoms with Gasteiger partial charge in [-0.2, -0.15) is 0 Å². The van der Waals surface area contributed by atoms with Gasteiger partial charge in [-0.25, -0.2) is 0 Å². The largest absolute Gasteiger partial charge is 0.351 e. The van der Waals surface area contributed by atoms with Crippen molar-refractivity contribution in [3.8, 4) is 0 Å². The molecule has 6 unspecified atom stereocenters. The minimum atomic E-state index is -0.224. The molecule has 4 aliphatic carbocycles. The minimum absolute atomic E-state index is 0.224. The Labute approximate surface area is 132 Å². The van der Waals surface area contributed by atoms with Crippen molar-refractivity contribution >= 4 is 11.6 Å². The smallest absolute Gasteiger partial charge is 0.170 e. The first-order valence-corrected chi connectivity index (χ1v) is 9.01. The highest BCUT2D eigenvalue weighted by Crippen LogP contribution is 2.44. The lowest BCUT2D eigenvalue weighted by atomic mass is 9.94. The molecule has 0 radical (unpaired) electrons. The zero-order chi connectivity index (χ0) is 14.2. The lowest BCUT2D eigenvalue weighted by molar-refractivity contribution is -0.146. The first-order chi connectivity index (χ1) is 10.3. The standard InChI is InChI=1S/C18H25ClO2/c19-9-18(20-10-16-7-12-1-3-14(16)5-12)21-11-17-8-13-2-4-15(17)6-13/h1-4,12-18H,5-11H2. The number of hydrogen-bond donors (Lipinski definition) is 0. The van der Waals surface area contributed by atoms with Gasteiger partial charge in [0.25, 0.3) is 0 Å². The zero-order valence-corrected chi connectivity index (χ0v) is 13.3. The van der Waals surface area contributed by atoms with Gasteiger partial charge in [-0.3, -0.25) is 0 Å². The second-order valence-electron chi connectivity index (χ2n) is 7.33. The number of ether oxygens (including phenoxy) is 2. The molecule has 2 saturated carbocycles. The van der Waals surface area contributed by atoms with Crippen LogP contribution < -0.4 is 0 Å². The van der Waals surface area contributed by atoms with Crippen LogP contribution in [0.5, 0.6) is 0 Å². The van der Waals surface area contributed by atoms with Crippen molar-refractivity contribution in [3.63, 3.8) is 0 Å². The molecule has 0 aromatic rings. The van der Waals surface area contributed by atoms with Crippen LogP contribution in [0, 0.1) is 35.5 Å². The van der Waals surface area contributed by atoms with E-state index in [1.54, 1.807) is 0 Å². The lowest BCUT2D eigenvalue weighted by Crippen LogP contribution is -2.27. The highest BCUT2D eigenvalue weighted by atomic mass is 35.5. The van der Waals surface area contributed by atoms with Crippen molar-refractivity contribution in [2.24, 2.45) is 35.5 Å². The summed E-state index contributed by atoms with van der Waals surface area (Å²) in [5.41, 5.74) is 0. The molecule has 0 heterocycles. The summed E-state index contributed by atoms with van der Waals surface area (Å²) in [6.07, 6.45) is 14.5. The van der Waals surface area contributed by atoms with E-state index in [1.807, 2.05) is 0 Å². The van der Waals surface area contributed by atoms with Crippen LogP contribution in [0.15, 0.2) is 24.3 Å². The average molecular weight is 309 g/mol. The van der Waals surface area contributed by atoms with E-state index in [2.05, 4.69) is 24.3 Å². The predicted molar refractivity (Wildman–Crippen MR) is 84.1 cm³/mol. The normalized spacial score (nSPS) is 44.0. The quantitative estimate of drug-likeness (QED) is 0.402. The van der Waals surface area contributed by atoms with Gasteiger partial charge in [0.05, 0.1) is 19.1 Å². The Morgan fingerprint density at radius 1 is 0.810 bits per heavy atom. The third-order valence-corrected chi connectivity index (χ3v) is 6.20. The van der Waals surface area contributed by atoms with Crippen LogP contribution in [-0.2, 0) is 9.47 Å². The molecule has 0 spiro atoms. The Hall–Kier alpha value is -0.310. The van der Waals surface area contributed by atoms with E-state index in [-0.39, 0.29) is 6.29 Å². The second kappa shape index (κ2) is 6.06. The number of hydrogen-bond acceptors (Lipinski definition) is 2. The van der Waals surface area contributed by atoms with Crippen LogP contribution >= 0.6 is 11.6 Å². The van der Waals surface area contributed by atoms with Crippen LogP contribution in [0.1, 0.15) is 25.7 Å². The molecule has 6 atom stereocenters. The van der Waals surface area contributed by atoms with Gasteiger partial charge in [-0.1, -0.05) is 24.3 Å². The van der Waals surface area contributed by atoms with Crippen LogP contribution in [-0.4, -0.2) is 25.4 Å². The van der Waals surface area contributed by atoms with Crippen molar-refractivity contribution < 1.29 is 9.47 Å². The van der Waals surface area contributed by atoms with Gasteiger partial charge in [0.2, 0.25) is 0 Å². The summed E-state index contributed by atoms with van der Waals surface area (Å²) in [6.45, 7) is 1.61. The zero-order valence-electron chi connectivity index (χ0n) is 12.5. The van der Waals surface area contributed by atoms with Crippen molar-refractivity contribution in [3.05, 3.63) is 24.3 Å². The van der Waals surface area contributed by atoms with E-state index in [0.29, 0.717) is 17.7 Å². The second-order valence-corrected chi connectivity index (χ2v) is 7.64. The number of allylic oxidation sites excluding steroid dienone is 4. The van der Waals surface area contributed by atoms with Gasteiger partial charge in [0.1, 0.15) is 0 Å².